The maximum Gasteiger partial charge on any atom is 0.238 e. The normalized spacial score (nSPS) is 14.4. The average Bonchev–Trinajstić information content (AvgIpc) is 2.84. The first-order chi connectivity index (χ1) is 16.5. The third kappa shape index (κ3) is 7.05. The van der Waals surface area contributed by atoms with Crippen molar-refractivity contribution in [2.24, 2.45) is 0 Å². The number of ether oxygens (including phenoxy) is 1. The number of amides is 2. The number of carbonyl (C=O) groups excluding carboxylic acids is 2. The van der Waals surface area contributed by atoms with Gasteiger partial charge in [0, 0.05) is 31.9 Å². The number of para-hydroxylation sites is 2. The van der Waals surface area contributed by atoms with Gasteiger partial charge in [-0.15, -0.1) is 0 Å². The highest BCUT2D eigenvalue weighted by Gasteiger charge is 2.21. The van der Waals surface area contributed by atoms with Crippen LogP contribution in [0.15, 0.2) is 78.9 Å². The fourth-order valence-electron chi connectivity index (χ4n) is 3.70. The van der Waals surface area contributed by atoms with Gasteiger partial charge in [-0.25, -0.2) is 0 Å². The van der Waals surface area contributed by atoms with E-state index in [-0.39, 0.29) is 11.8 Å². The number of anilines is 2. The molecule has 34 heavy (non-hydrogen) atoms. The number of hydrogen-bond acceptors (Lipinski definition) is 5. The minimum absolute atomic E-state index is 0.0679. The minimum Gasteiger partial charge on any atom is -0.457 e. The Bertz CT molecular complexity index is 1100. The lowest BCUT2D eigenvalue weighted by atomic mass is 10.2. The molecule has 4 rings (SSSR count). The van der Waals surface area contributed by atoms with Gasteiger partial charge >= 0.3 is 0 Å². The highest BCUT2D eigenvalue weighted by atomic mass is 35.5. The lowest BCUT2D eigenvalue weighted by molar-refractivity contribution is -0.120. The summed E-state index contributed by atoms with van der Waals surface area (Å²) in [4.78, 5) is 29.0. The maximum atomic E-state index is 12.5. The molecule has 1 fully saturated rings. The van der Waals surface area contributed by atoms with Gasteiger partial charge in [0.1, 0.15) is 11.5 Å². The lowest BCUT2D eigenvalue weighted by Crippen LogP contribution is -2.50. The van der Waals surface area contributed by atoms with Gasteiger partial charge in [0.2, 0.25) is 11.8 Å². The molecule has 3 aromatic carbocycles. The van der Waals surface area contributed by atoms with Gasteiger partial charge in [-0.2, -0.15) is 0 Å². The number of carbonyl (C=O) groups is 2. The molecule has 2 N–H and O–H groups in total. The molecule has 0 saturated carbocycles. The summed E-state index contributed by atoms with van der Waals surface area (Å²) in [5.41, 5.74) is 1.34. The number of piperazine rings is 1. The van der Waals surface area contributed by atoms with E-state index in [1.165, 1.54) is 0 Å². The lowest BCUT2D eigenvalue weighted by Gasteiger charge is -2.33. The molecule has 3 aromatic rings. The molecule has 1 aliphatic rings. The van der Waals surface area contributed by atoms with E-state index in [2.05, 4.69) is 20.4 Å². The summed E-state index contributed by atoms with van der Waals surface area (Å²) in [5.74, 6) is 1.30. The quantitative estimate of drug-likeness (QED) is 0.504. The summed E-state index contributed by atoms with van der Waals surface area (Å²) in [7, 11) is 0. The summed E-state index contributed by atoms with van der Waals surface area (Å²) in [5, 5.41) is 6.29. The van der Waals surface area contributed by atoms with Crippen LogP contribution in [0.5, 0.6) is 11.5 Å². The molecular weight excluding hydrogens is 452 g/mol. The smallest absolute Gasteiger partial charge is 0.238 e. The van der Waals surface area contributed by atoms with Crippen LogP contribution in [0, 0.1) is 0 Å². The van der Waals surface area contributed by atoms with Crippen molar-refractivity contribution in [2.75, 3.05) is 49.9 Å². The molecule has 0 unspecified atom stereocenters. The first-order valence-electron chi connectivity index (χ1n) is 11.2. The number of rotatable bonds is 8. The van der Waals surface area contributed by atoms with Crippen molar-refractivity contribution in [1.82, 2.24) is 9.80 Å². The van der Waals surface area contributed by atoms with Gasteiger partial charge in [-0.05, 0) is 48.5 Å². The molecule has 8 heteroatoms. The molecule has 2 amide bonds. The van der Waals surface area contributed by atoms with E-state index >= 15 is 0 Å². The topological polar surface area (TPSA) is 73.9 Å². The van der Waals surface area contributed by atoms with Gasteiger partial charge in [-0.1, -0.05) is 41.9 Å². The largest absolute Gasteiger partial charge is 0.457 e. The molecule has 0 spiro atoms. The van der Waals surface area contributed by atoms with Crippen molar-refractivity contribution in [3.63, 3.8) is 0 Å². The van der Waals surface area contributed by atoms with Crippen LogP contribution >= 0.6 is 11.6 Å². The van der Waals surface area contributed by atoms with E-state index in [1.54, 1.807) is 12.1 Å². The molecule has 0 bridgehead atoms. The second-order valence-corrected chi connectivity index (χ2v) is 8.48. The molecule has 7 nitrogen and oxygen atoms in total. The Labute approximate surface area is 204 Å². The van der Waals surface area contributed by atoms with Gasteiger partial charge in [0.05, 0.1) is 23.8 Å². The molecule has 0 radical (unpaired) electrons. The molecule has 1 aliphatic heterocycles. The predicted octanol–water partition coefficient (Wildman–Crippen LogP) is 4.33. The number of nitrogens with zero attached hydrogens (tertiary/aromatic N) is 2. The van der Waals surface area contributed by atoms with E-state index in [0.29, 0.717) is 29.5 Å². The second-order valence-electron chi connectivity index (χ2n) is 8.07. The summed E-state index contributed by atoms with van der Waals surface area (Å²) >= 11 is 6.10. The van der Waals surface area contributed by atoms with Crippen LogP contribution in [0.3, 0.4) is 0 Å². The van der Waals surface area contributed by atoms with Crippen LogP contribution in [-0.2, 0) is 9.59 Å². The Kier molecular flexibility index (Phi) is 8.14. The van der Waals surface area contributed by atoms with Gasteiger partial charge in [0.15, 0.2) is 0 Å². The summed E-state index contributed by atoms with van der Waals surface area (Å²) in [6, 6.07) is 24.0. The van der Waals surface area contributed by atoms with Crippen LogP contribution in [0.4, 0.5) is 11.4 Å². The Morgan fingerprint density at radius 2 is 1.24 bits per heavy atom. The van der Waals surface area contributed by atoms with Crippen molar-refractivity contribution >= 4 is 34.8 Å². The van der Waals surface area contributed by atoms with Crippen molar-refractivity contribution in [3.8, 4) is 11.5 Å². The van der Waals surface area contributed by atoms with Crippen molar-refractivity contribution in [2.45, 2.75) is 0 Å². The number of nitrogens with one attached hydrogen (secondary N) is 2. The second kappa shape index (κ2) is 11.7. The molecule has 0 aliphatic carbocycles. The Hall–Kier alpha value is -3.39. The van der Waals surface area contributed by atoms with Crippen LogP contribution in [-0.4, -0.2) is 60.9 Å². The first-order valence-corrected chi connectivity index (χ1v) is 11.5. The van der Waals surface area contributed by atoms with Gasteiger partial charge in [0.25, 0.3) is 0 Å². The van der Waals surface area contributed by atoms with E-state index in [4.69, 9.17) is 16.3 Å². The number of hydrogen-bond donors (Lipinski definition) is 2. The Balaban J connectivity index is 1.17. The predicted molar refractivity (Wildman–Crippen MR) is 135 cm³/mol. The maximum absolute atomic E-state index is 12.5. The molecule has 1 saturated heterocycles. The zero-order valence-corrected chi connectivity index (χ0v) is 19.5. The fourth-order valence-corrected chi connectivity index (χ4v) is 3.88. The highest BCUT2D eigenvalue weighted by molar-refractivity contribution is 6.33. The standard InChI is InChI=1S/C26H27ClN4O3/c27-23-8-4-5-9-24(23)29-26(33)19-31-16-14-30(15-17-31)18-25(32)28-20-10-12-22(13-11-20)34-21-6-2-1-3-7-21/h1-13H,14-19H2,(H,28,32)(H,29,33). The molecule has 176 valence electrons. The highest BCUT2D eigenvalue weighted by Crippen LogP contribution is 2.23. The molecule has 1 heterocycles. The average molecular weight is 479 g/mol. The SMILES string of the molecule is O=C(CN1CCN(CC(=O)Nc2ccccc2Cl)CC1)Nc1ccc(Oc2ccccc2)cc1. The van der Waals surface area contributed by atoms with Gasteiger partial charge in [-0.3, -0.25) is 19.4 Å². The first kappa shape index (κ1) is 23.8. The van der Waals surface area contributed by atoms with E-state index in [9.17, 15) is 9.59 Å². The fraction of sp³-hybridized carbons (Fsp3) is 0.231. The van der Waals surface area contributed by atoms with Crippen molar-refractivity contribution < 1.29 is 14.3 Å². The summed E-state index contributed by atoms with van der Waals surface area (Å²) in [6.45, 7) is 3.47. The van der Waals surface area contributed by atoms with E-state index < -0.39 is 0 Å². The van der Waals surface area contributed by atoms with E-state index in [1.807, 2.05) is 66.7 Å². The Morgan fingerprint density at radius 3 is 1.85 bits per heavy atom. The van der Waals surface area contributed by atoms with Crippen molar-refractivity contribution in [3.05, 3.63) is 83.9 Å². The van der Waals surface area contributed by atoms with E-state index in [0.717, 1.165) is 37.6 Å². The van der Waals surface area contributed by atoms with Crippen LogP contribution in [0.25, 0.3) is 0 Å². The van der Waals surface area contributed by atoms with Crippen LogP contribution < -0.4 is 15.4 Å². The zero-order valence-electron chi connectivity index (χ0n) is 18.7. The molecule has 0 atom stereocenters. The third-order valence-corrected chi connectivity index (χ3v) is 5.79. The number of halogens is 1. The summed E-state index contributed by atoms with van der Waals surface area (Å²) < 4.78 is 5.78. The van der Waals surface area contributed by atoms with Crippen LogP contribution in [0.1, 0.15) is 0 Å². The van der Waals surface area contributed by atoms with Crippen LogP contribution in [0.2, 0.25) is 5.02 Å². The molecular formula is C26H27ClN4O3. The summed E-state index contributed by atoms with van der Waals surface area (Å²) in [6.07, 6.45) is 0. The van der Waals surface area contributed by atoms with Crippen molar-refractivity contribution in [1.29, 1.82) is 0 Å². The minimum atomic E-state index is -0.0982. The van der Waals surface area contributed by atoms with Gasteiger partial charge < -0.3 is 15.4 Å². The Morgan fingerprint density at radius 1 is 0.706 bits per heavy atom. The third-order valence-electron chi connectivity index (χ3n) is 5.46. The zero-order chi connectivity index (χ0) is 23.8. The number of benzene rings is 3. The monoisotopic (exact) mass is 478 g/mol. The molecule has 0 aromatic heterocycles.